The van der Waals surface area contributed by atoms with Gasteiger partial charge in [-0.3, -0.25) is 4.90 Å². The van der Waals surface area contributed by atoms with Crippen LogP contribution < -0.4 is 10.6 Å². The highest BCUT2D eigenvalue weighted by Crippen LogP contribution is 2.09. The lowest BCUT2D eigenvalue weighted by Gasteiger charge is -2.26. The molecule has 6 heteroatoms. The first-order valence-corrected chi connectivity index (χ1v) is 10.2. The van der Waals surface area contributed by atoms with Gasteiger partial charge in [-0.25, -0.2) is 0 Å². The third-order valence-electron chi connectivity index (χ3n) is 4.64. The van der Waals surface area contributed by atoms with E-state index in [-0.39, 0.29) is 0 Å². The van der Waals surface area contributed by atoms with E-state index in [0.29, 0.717) is 24.9 Å². The van der Waals surface area contributed by atoms with E-state index < -0.39 is 0 Å². The van der Waals surface area contributed by atoms with Gasteiger partial charge < -0.3 is 20.1 Å². The summed E-state index contributed by atoms with van der Waals surface area (Å²) in [7, 11) is 0. The van der Waals surface area contributed by atoms with Gasteiger partial charge in [0.05, 0.1) is 26.4 Å². The smallest absolute Gasteiger partial charge is 0.166 e. The van der Waals surface area contributed by atoms with Crippen LogP contribution >= 0.6 is 12.2 Å². The molecular formula is C22H29N3O2S. The van der Waals surface area contributed by atoms with Gasteiger partial charge in [-0.1, -0.05) is 54.6 Å². The molecule has 28 heavy (non-hydrogen) atoms. The van der Waals surface area contributed by atoms with Crippen LogP contribution in [0.25, 0.3) is 0 Å². The normalized spacial score (nSPS) is 14.6. The van der Waals surface area contributed by atoms with E-state index in [1.54, 1.807) is 0 Å². The quantitative estimate of drug-likeness (QED) is 0.632. The number of benzene rings is 2. The Morgan fingerprint density at radius 2 is 1.64 bits per heavy atom. The maximum atomic E-state index is 5.82. The van der Waals surface area contributed by atoms with Gasteiger partial charge in [0.1, 0.15) is 0 Å². The fourth-order valence-corrected chi connectivity index (χ4v) is 3.26. The summed E-state index contributed by atoms with van der Waals surface area (Å²) in [5.41, 5.74) is 3.55. The number of nitrogens with zero attached hydrogens (tertiary/aromatic N) is 1. The number of hydrogen-bond donors (Lipinski definition) is 2. The molecule has 0 bridgehead atoms. The van der Waals surface area contributed by atoms with Crippen LogP contribution in [0.2, 0.25) is 0 Å². The monoisotopic (exact) mass is 399 g/mol. The van der Waals surface area contributed by atoms with Gasteiger partial charge in [0, 0.05) is 32.7 Å². The van der Waals surface area contributed by atoms with E-state index in [9.17, 15) is 0 Å². The van der Waals surface area contributed by atoms with Crippen LogP contribution in [0.15, 0.2) is 54.6 Å². The molecule has 0 unspecified atom stereocenters. The van der Waals surface area contributed by atoms with Gasteiger partial charge in [0.15, 0.2) is 5.11 Å². The molecule has 150 valence electrons. The molecule has 0 aliphatic carbocycles. The van der Waals surface area contributed by atoms with Crippen LogP contribution in [0.5, 0.6) is 0 Å². The average Bonchev–Trinajstić information content (AvgIpc) is 2.74. The second kappa shape index (κ2) is 11.8. The van der Waals surface area contributed by atoms with Gasteiger partial charge in [-0.2, -0.15) is 0 Å². The van der Waals surface area contributed by atoms with E-state index in [2.05, 4.69) is 51.9 Å². The standard InChI is InChI=1S/C22H29N3O2S/c28-22(23-9-10-25-11-13-26-14-12-25)24-16-20-7-4-8-21(15-20)18-27-17-19-5-2-1-3-6-19/h1-8,15H,9-14,16-18H2,(H2,23,24,28). The maximum absolute atomic E-state index is 5.82. The van der Waals surface area contributed by atoms with Crippen molar-refractivity contribution < 1.29 is 9.47 Å². The lowest BCUT2D eigenvalue weighted by molar-refractivity contribution is 0.0389. The molecule has 0 spiro atoms. The number of rotatable bonds is 9. The summed E-state index contributed by atoms with van der Waals surface area (Å²) in [4.78, 5) is 2.39. The van der Waals surface area contributed by atoms with E-state index in [4.69, 9.17) is 21.7 Å². The van der Waals surface area contributed by atoms with Crippen LogP contribution in [0.3, 0.4) is 0 Å². The van der Waals surface area contributed by atoms with Gasteiger partial charge in [0.25, 0.3) is 0 Å². The van der Waals surface area contributed by atoms with Crippen molar-refractivity contribution in [3.8, 4) is 0 Å². The molecule has 0 saturated carbocycles. The SMILES string of the molecule is S=C(NCCN1CCOCC1)NCc1cccc(COCc2ccccc2)c1. The lowest BCUT2D eigenvalue weighted by atomic mass is 10.1. The Hall–Kier alpha value is -1.99. The highest BCUT2D eigenvalue weighted by Gasteiger charge is 2.09. The topological polar surface area (TPSA) is 45.8 Å². The van der Waals surface area contributed by atoms with Crippen LogP contribution in [0, 0.1) is 0 Å². The molecular weight excluding hydrogens is 370 g/mol. The molecule has 0 atom stereocenters. The minimum Gasteiger partial charge on any atom is -0.379 e. The minimum atomic E-state index is 0.602. The molecule has 1 aliphatic rings. The second-order valence-corrected chi connectivity index (χ2v) is 7.27. The zero-order valence-electron chi connectivity index (χ0n) is 16.2. The lowest BCUT2D eigenvalue weighted by Crippen LogP contribution is -2.43. The molecule has 3 rings (SSSR count). The Morgan fingerprint density at radius 1 is 0.929 bits per heavy atom. The Kier molecular flexibility index (Phi) is 8.71. The van der Waals surface area contributed by atoms with Crippen molar-refractivity contribution in [2.75, 3.05) is 39.4 Å². The molecule has 2 aromatic carbocycles. The number of ether oxygens (including phenoxy) is 2. The summed E-state index contributed by atoms with van der Waals surface area (Å²) in [6, 6.07) is 18.6. The van der Waals surface area contributed by atoms with Gasteiger partial charge in [0.2, 0.25) is 0 Å². The van der Waals surface area contributed by atoms with Crippen LogP contribution in [0.1, 0.15) is 16.7 Å². The van der Waals surface area contributed by atoms with Crippen LogP contribution in [-0.2, 0) is 29.2 Å². The fraction of sp³-hybridized carbons (Fsp3) is 0.409. The first kappa shape index (κ1) is 20.7. The Morgan fingerprint density at radius 3 is 2.46 bits per heavy atom. The van der Waals surface area contributed by atoms with Crippen molar-refractivity contribution in [3.05, 3.63) is 71.3 Å². The van der Waals surface area contributed by atoms with Crippen LogP contribution in [-0.4, -0.2) is 49.4 Å². The molecule has 5 nitrogen and oxygen atoms in total. The number of thiocarbonyl (C=S) groups is 1. The predicted octanol–water partition coefficient (Wildman–Crippen LogP) is 2.70. The van der Waals surface area contributed by atoms with Gasteiger partial charge in [-0.15, -0.1) is 0 Å². The molecule has 2 N–H and O–H groups in total. The first-order chi connectivity index (χ1) is 13.8. The summed E-state index contributed by atoms with van der Waals surface area (Å²) in [6.07, 6.45) is 0. The van der Waals surface area contributed by atoms with E-state index in [1.165, 1.54) is 16.7 Å². The highest BCUT2D eigenvalue weighted by atomic mass is 32.1. The maximum Gasteiger partial charge on any atom is 0.166 e. The second-order valence-electron chi connectivity index (χ2n) is 6.86. The molecule has 0 aromatic heterocycles. The molecule has 0 radical (unpaired) electrons. The first-order valence-electron chi connectivity index (χ1n) is 9.81. The zero-order valence-corrected chi connectivity index (χ0v) is 17.0. The largest absolute Gasteiger partial charge is 0.379 e. The van der Waals surface area contributed by atoms with Crippen molar-refractivity contribution >= 4 is 17.3 Å². The Labute approximate surface area is 173 Å². The zero-order chi connectivity index (χ0) is 19.4. The summed E-state index contributed by atoms with van der Waals surface area (Å²) < 4.78 is 11.2. The fourth-order valence-electron chi connectivity index (χ4n) is 3.09. The van der Waals surface area contributed by atoms with Crippen LogP contribution in [0.4, 0.5) is 0 Å². The summed E-state index contributed by atoms with van der Waals surface area (Å²) >= 11 is 5.39. The van der Waals surface area contributed by atoms with Crippen molar-refractivity contribution in [2.24, 2.45) is 0 Å². The van der Waals surface area contributed by atoms with E-state index in [0.717, 1.165) is 39.4 Å². The van der Waals surface area contributed by atoms with Crippen molar-refractivity contribution in [3.63, 3.8) is 0 Å². The van der Waals surface area contributed by atoms with Gasteiger partial charge >= 0.3 is 0 Å². The molecule has 2 aromatic rings. The number of morpholine rings is 1. The Balaban J connectivity index is 1.33. The van der Waals surface area contributed by atoms with Crippen molar-refractivity contribution in [1.82, 2.24) is 15.5 Å². The predicted molar refractivity (Wildman–Crippen MR) is 116 cm³/mol. The Bertz CT molecular complexity index is 721. The molecule has 0 amide bonds. The third-order valence-corrected chi connectivity index (χ3v) is 4.93. The molecule has 1 saturated heterocycles. The van der Waals surface area contributed by atoms with E-state index >= 15 is 0 Å². The number of hydrogen-bond acceptors (Lipinski definition) is 4. The van der Waals surface area contributed by atoms with Crippen molar-refractivity contribution in [1.29, 1.82) is 0 Å². The molecule has 1 fully saturated rings. The minimum absolute atomic E-state index is 0.602. The molecule has 1 aliphatic heterocycles. The third kappa shape index (κ3) is 7.56. The highest BCUT2D eigenvalue weighted by molar-refractivity contribution is 7.80. The van der Waals surface area contributed by atoms with Crippen molar-refractivity contribution in [2.45, 2.75) is 19.8 Å². The summed E-state index contributed by atoms with van der Waals surface area (Å²) in [5.74, 6) is 0. The van der Waals surface area contributed by atoms with Gasteiger partial charge in [-0.05, 0) is 28.9 Å². The summed E-state index contributed by atoms with van der Waals surface area (Å²) in [6.45, 7) is 7.42. The average molecular weight is 400 g/mol. The summed E-state index contributed by atoms with van der Waals surface area (Å²) in [5, 5.41) is 7.26. The number of nitrogens with one attached hydrogen (secondary N) is 2. The van der Waals surface area contributed by atoms with E-state index in [1.807, 2.05) is 18.2 Å². The molecule has 1 heterocycles.